The van der Waals surface area contributed by atoms with Crippen LogP contribution in [0.2, 0.25) is 0 Å². The van der Waals surface area contributed by atoms with Crippen molar-refractivity contribution in [2.45, 2.75) is 27.7 Å². The number of rotatable bonds is 0. The van der Waals surface area contributed by atoms with Gasteiger partial charge in [-0.05, 0) is 13.8 Å². The number of aryl methyl sites for hydroxylation is 2. The quantitative estimate of drug-likeness (QED) is 0.338. The molecular formula is C9H15I3N2. The van der Waals surface area contributed by atoms with Crippen LogP contribution in [0.3, 0.4) is 0 Å². The predicted molar refractivity (Wildman–Crippen MR) is 72.4 cm³/mol. The van der Waals surface area contributed by atoms with Gasteiger partial charge in [-0.2, -0.15) is 4.57 Å². The molecule has 2 nitrogen and oxygen atoms in total. The molecule has 0 aliphatic heterocycles. The molecule has 5 heteroatoms. The molecule has 1 heterocycles. The molecule has 0 aromatic carbocycles. The van der Waals surface area contributed by atoms with Crippen molar-refractivity contribution < 1.29 is 17.8 Å². The minimum atomic E-state index is 0.530. The van der Waals surface area contributed by atoms with Crippen molar-refractivity contribution in [2.24, 2.45) is 7.05 Å². The molecule has 0 aliphatic rings. The van der Waals surface area contributed by atoms with Crippen LogP contribution in [-0.4, -0.2) is 4.98 Å². The average Bonchev–Trinajstić information content (AvgIpc) is 2.13. The Morgan fingerprint density at radius 2 is 1.29 bits per heavy atom. The second-order valence-electron chi connectivity index (χ2n) is 3.07. The molecular weight excluding hydrogens is 517 g/mol. The van der Waals surface area contributed by atoms with E-state index >= 15 is 0 Å². The Morgan fingerprint density at radius 1 is 1.00 bits per heavy atom. The van der Waals surface area contributed by atoms with Crippen LogP contribution in [0.4, 0.5) is 0 Å². The summed E-state index contributed by atoms with van der Waals surface area (Å²) in [5.41, 5.74) is 4.73. The molecule has 1 aromatic heterocycles. The third-order valence-corrected chi connectivity index (χ3v) is 2.39. The van der Waals surface area contributed by atoms with Gasteiger partial charge in [0.05, 0.1) is 0 Å². The zero-order chi connectivity index (χ0) is 11.3. The van der Waals surface area contributed by atoms with Crippen LogP contribution in [0.15, 0.2) is 0 Å². The van der Waals surface area contributed by atoms with Crippen LogP contribution in [0, 0.1) is 27.7 Å². The van der Waals surface area contributed by atoms with Gasteiger partial charge in [0.2, 0.25) is 0 Å². The van der Waals surface area contributed by atoms with E-state index in [1.165, 1.54) is 11.4 Å². The Bertz CT molecular complexity index is 287. The topological polar surface area (TPSA) is 16.8 Å². The fraction of sp³-hybridized carbons (Fsp3) is 0.556. The van der Waals surface area contributed by atoms with Crippen molar-refractivity contribution in [3.8, 4) is 0 Å². The van der Waals surface area contributed by atoms with Crippen molar-refractivity contribution in [1.29, 1.82) is 0 Å². The predicted octanol–water partition coefficient (Wildman–Crippen LogP) is -0.0848. The van der Waals surface area contributed by atoms with Crippen LogP contribution < -0.4 is 17.8 Å². The first-order valence-electron chi connectivity index (χ1n) is 4.13. The number of hydrogen-bond acceptors (Lipinski definition) is 1. The summed E-state index contributed by atoms with van der Waals surface area (Å²) >= 11 is 5.30. The third-order valence-electron chi connectivity index (χ3n) is 2.39. The summed E-state index contributed by atoms with van der Waals surface area (Å²) in [6.07, 6.45) is 0. The third kappa shape index (κ3) is 4.42. The van der Waals surface area contributed by atoms with Crippen LogP contribution in [0.1, 0.15) is 22.8 Å². The van der Waals surface area contributed by atoms with Crippen molar-refractivity contribution in [3.05, 3.63) is 22.8 Å². The van der Waals surface area contributed by atoms with Crippen molar-refractivity contribution in [1.82, 2.24) is 4.98 Å². The molecule has 82 valence electrons. The molecule has 0 bridgehead atoms. The first-order valence-corrected chi connectivity index (χ1v) is 16.7. The van der Waals surface area contributed by atoms with Gasteiger partial charge in [-0.25, -0.2) is 4.98 Å². The summed E-state index contributed by atoms with van der Waals surface area (Å²) < 4.78 is 2.18. The summed E-state index contributed by atoms with van der Waals surface area (Å²) in [5, 5.41) is 0. The zero-order valence-electron chi connectivity index (χ0n) is 9.03. The van der Waals surface area contributed by atoms with Gasteiger partial charge in [0.25, 0.3) is 0 Å². The van der Waals surface area contributed by atoms with Crippen LogP contribution in [0.25, 0.3) is 0 Å². The maximum atomic E-state index is 4.41. The van der Waals surface area contributed by atoms with E-state index in [4.69, 9.17) is 0 Å². The average molecular weight is 532 g/mol. The zero-order valence-corrected chi connectivity index (χ0v) is 15.5. The molecule has 0 saturated heterocycles. The molecule has 0 radical (unpaired) electrons. The van der Waals surface area contributed by atoms with Gasteiger partial charge in [0, 0.05) is 13.8 Å². The van der Waals surface area contributed by atoms with E-state index in [1.54, 1.807) is 0 Å². The Labute approximate surface area is 116 Å². The van der Waals surface area contributed by atoms with E-state index in [-0.39, 0.29) is 0 Å². The Morgan fingerprint density at radius 3 is 1.57 bits per heavy atom. The van der Waals surface area contributed by atoms with Crippen molar-refractivity contribution in [2.75, 3.05) is 0 Å². The van der Waals surface area contributed by atoms with E-state index in [9.17, 15) is 0 Å². The standard InChI is InChI=1S/C9H15N2.I3/c1-6-8(3)11(5)9(4)7(2)10-6;1-3-2/h1-5H3;/q+1;-1. The molecule has 0 atom stereocenters. The molecule has 0 unspecified atom stereocenters. The van der Waals surface area contributed by atoms with Crippen molar-refractivity contribution in [3.63, 3.8) is 0 Å². The van der Waals surface area contributed by atoms with Crippen LogP contribution in [0.5, 0.6) is 0 Å². The summed E-state index contributed by atoms with van der Waals surface area (Å²) in [7, 11) is 2.08. The SMILES string of the molecule is Cc1nc(C)c(C)[n+](C)c1C.I[I-]I. The molecule has 0 aliphatic carbocycles. The van der Waals surface area contributed by atoms with E-state index in [1.807, 2.05) is 13.8 Å². The molecule has 0 N–H and O–H groups in total. The van der Waals surface area contributed by atoms with Gasteiger partial charge >= 0.3 is 50.5 Å². The molecule has 1 aromatic rings. The Balaban J connectivity index is 0.000000500. The summed E-state index contributed by atoms with van der Waals surface area (Å²) in [4.78, 5) is 4.41. The molecule has 14 heavy (non-hydrogen) atoms. The number of nitrogens with zero attached hydrogens (tertiary/aromatic N) is 2. The minimum absolute atomic E-state index is 0.530. The van der Waals surface area contributed by atoms with E-state index < -0.39 is 0 Å². The summed E-state index contributed by atoms with van der Waals surface area (Å²) in [6.45, 7) is 8.27. The van der Waals surface area contributed by atoms with Gasteiger partial charge in [-0.1, -0.05) is 0 Å². The van der Waals surface area contributed by atoms with E-state index in [0.29, 0.717) is 13.3 Å². The number of hydrogen-bond donors (Lipinski definition) is 0. The first kappa shape index (κ1) is 15.3. The first-order chi connectivity index (χ1) is 6.45. The second-order valence-corrected chi connectivity index (χ2v) is 19.3. The Kier molecular flexibility index (Phi) is 8.21. The molecule has 0 spiro atoms. The Hall–Kier alpha value is 1.27. The number of halogens is 3. The van der Waals surface area contributed by atoms with Gasteiger partial charge in [-0.3, -0.25) is 0 Å². The van der Waals surface area contributed by atoms with Crippen molar-refractivity contribution >= 4 is 37.2 Å². The van der Waals surface area contributed by atoms with Gasteiger partial charge < -0.3 is 0 Å². The summed E-state index contributed by atoms with van der Waals surface area (Å²) in [6, 6.07) is 0. The molecule has 0 saturated carbocycles. The van der Waals surface area contributed by atoms with Gasteiger partial charge in [0.1, 0.15) is 18.4 Å². The maximum absolute atomic E-state index is 4.41. The molecule has 0 fully saturated rings. The number of aromatic nitrogens is 2. The normalized spacial score (nSPS) is 9.64. The van der Waals surface area contributed by atoms with E-state index in [0.717, 1.165) is 11.4 Å². The fourth-order valence-corrected chi connectivity index (χ4v) is 1.15. The van der Waals surface area contributed by atoms with Gasteiger partial charge in [0.15, 0.2) is 11.4 Å². The summed E-state index contributed by atoms with van der Waals surface area (Å²) in [5.74, 6) is 0. The van der Waals surface area contributed by atoms with Crippen LogP contribution in [-0.2, 0) is 7.05 Å². The van der Waals surface area contributed by atoms with E-state index in [2.05, 4.69) is 67.7 Å². The monoisotopic (exact) mass is 532 g/mol. The second kappa shape index (κ2) is 7.53. The van der Waals surface area contributed by atoms with Crippen LogP contribution >= 0.6 is 37.2 Å². The van der Waals surface area contributed by atoms with Gasteiger partial charge in [-0.15, -0.1) is 0 Å². The fourth-order valence-electron chi connectivity index (χ4n) is 1.15. The molecule has 1 rings (SSSR count). The molecule has 0 amide bonds.